The van der Waals surface area contributed by atoms with Crippen molar-refractivity contribution in [3.63, 3.8) is 0 Å². The van der Waals surface area contributed by atoms with Crippen LogP contribution in [0.25, 0.3) is 11.4 Å². The van der Waals surface area contributed by atoms with Crippen LogP contribution in [-0.4, -0.2) is 57.7 Å². The first-order valence-corrected chi connectivity index (χ1v) is 11.6. The lowest BCUT2D eigenvalue weighted by atomic mass is 9.90. The molecule has 2 atom stereocenters. The summed E-state index contributed by atoms with van der Waals surface area (Å²) in [5, 5.41) is 19.6. The first-order chi connectivity index (χ1) is 16.0. The summed E-state index contributed by atoms with van der Waals surface area (Å²) in [6, 6.07) is 5.79. The van der Waals surface area contributed by atoms with Crippen molar-refractivity contribution >= 4 is 28.5 Å². The van der Waals surface area contributed by atoms with Crippen LogP contribution in [-0.2, 0) is 11.2 Å². The molecule has 6 rings (SSSR count). The van der Waals surface area contributed by atoms with E-state index in [-0.39, 0.29) is 36.1 Å². The van der Waals surface area contributed by atoms with Gasteiger partial charge in [-0.15, -0.1) is 0 Å². The van der Waals surface area contributed by atoms with Gasteiger partial charge in [-0.3, -0.25) is 5.32 Å². The van der Waals surface area contributed by atoms with E-state index in [0.717, 1.165) is 10.6 Å². The molecule has 2 fully saturated rings. The molecule has 2 aliphatic heterocycles. The van der Waals surface area contributed by atoms with Gasteiger partial charge in [0.2, 0.25) is 5.82 Å². The molecular weight excluding hydrogens is 451 g/mol. The summed E-state index contributed by atoms with van der Waals surface area (Å²) < 4.78 is 24.6. The van der Waals surface area contributed by atoms with Crippen LogP contribution in [0.3, 0.4) is 0 Å². The largest absolute Gasteiger partial charge is 0.393 e. The number of thiazole rings is 1. The Balaban J connectivity index is 1.22. The number of urea groups is 1. The van der Waals surface area contributed by atoms with Gasteiger partial charge in [0, 0.05) is 18.0 Å². The number of aliphatic hydroxyl groups excluding tert-OH is 1. The highest BCUT2D eigenvalue weighted by atomic mass is 32.1. The molecule has 2 bridgehead atoms. The van der Waals surface area contributed by atoms with Crippen LogP contribution < -0.4 is 15.5 Å². The zero-order valence-corrected chi connectivity index (χ0v) is 18.2. The summed E-state index contributed by atoms with van der Waals surface area (Å²) in [5.74, 6) is 0.0607. The van der Waals surface area contributed by atoms with Crippen molar-refractivity contribution in [2.45, 2.75) is 43.5 Å². The molecule has 3 aromatic rings. The lowest BCUT2D eigenvalue weighted by Gasteiger charge is -2.43. The van der Waals surface area contributed by atoms with Gasteiger partial charge in [0.1, 0.15) is 5.82 Å². The van der Waals surface area contributed by atoms with E-state index >= 15 is 0 Å². The van der Waals surface area contributed by atoms with Gasteiger partial charge in [-0.25, -0.2) is 14.2 Å². The average molecular weight is 473 g/mol. The van der Waals surface area contributed by atoms with Gasteiger partial charge in [0.25, 0.3) is 0 Å². The van der Waals surface area contributed by atoms with E-state index < -0.39 is 0 Å². The van der Waals surface area contributed by atoms with Crippen LogP contribution in [0.15, 0.2) is 28.8 Å². The van der Waals surface area contributed by atoms with Crippen molar-refractivity contribution in [2.24, 2.45) is 0 Å². The van der Waals surface area contributed by atoms with Gasteiger partial charge in [-0.2, -0.15) is 4.98 Å². The molecule has 0 radical (unpaired) electrons. The Morgan fingerprint density at radius 1 is 1.21 bits per heavy atom. The molecule has 10 nitrogen and oxygen atoms in total. The van der Waals surface area contributed by atoms with Crippen molar-refractivity contribution in [3.05, 3.63) is 40.7 Å². The molecule has 2 aromatic heterocycles. The zero-order valence-electron chi connectivity index (χ0n) is 17.4. The second-order valence-corrected chi connectivity index (χ2v) is 9.51. The summed E-state index contributed by atoms with van der Waals surface area (Å²) in [4.78, 5) is 24.5. The number of aromatic nitrogens is 3. The Bertz CT molecular complexity index is 1180. The summed E-state index contributed by atoms with van der Waals surface area (Å²) in [5.41, 5.74) is 1.60. The first kappa shape index (κ1) is 20.5. The lowest BCUT2D eigenvalue weighted by molar-refractivity contribution is 0.0570. The maximum Gasteiger partial charge on any atom is 0.325 e. The molecule has 3 N–H and O–H groups in total. The van der Waals surface area contributed by atoms with E-state index in [2.05, 4.69) is 30.7 Å². The summed E-state index contributed by atoms with van der Waals surface area (Å²) in [6.45, 7) is 0.931. The minimum atomic E-state index is -0.332. The first-order valence-electron chi connectivity index (χ1n) is 10.7. The maximum atomic E-state index is 13.2. The number of amides is 2. The maximum absolute atomic E-state index is 13.2. The number of rotatable bonds is 4. The van der Waals surface area contributed by atoms with Crippen LogP contribution in [0.1, 0.15) is 29.5 Å². The number of nitrogens with one attached hydrogen (secondary N) is 2. The molecule has 0 unspecified atom stereocenters. The van der Waals surface area contributed by atoms with E-state index in [9.17, 15) is 14.3 Å². The van der Waals surface area contributed by atoms with Crippen molar-refractivity contribution in [2.75, 3.05) is 23.4 Å². The number of ether oxygens (including phenoxy) is 1. The number of nitrogens with zero attached hydrogens (tertiary/aromatic N) is 4. The third-order valence-electron chi connectivity index (χ3n) is 6.18. The molecule has 0 spiro atoms. The Labute approximate surface area is 191 Å². The van der Waals surface area contributed by atoms with Crippen LogP contribution in [0.5, 0.6) is 0 Å². The minimum Gasteiger partial charge on any atom is -0.393 e. The topological polar surface area (TPSA) is 126 Å². The number of hydrogen-bond donors (Lipinski definition) is 3. The van der Waals surface area contributed by atoms with Crippen molar-refractivity contribution in [1.29, 1.82) is 0 Å². The van der Waals surface area contributed by atoms with Gasteiger partial charge >= 0.3 is 12.0 Å². The molecular formula is C21H21FN6O4S. The monoisotopic (exact) mass is 472 g/mol. The molecule has 1 aromatic carbocycles. The summed E-state index contributed by atoms with van der Waals surface area (Å²) >= 11 is 1.40. The summed E-state index contributed by atoms with van der Waals surface area (Å²) in [6.07, 6.45) is 1.43. The number of aliphatic hydroxyl groups is 1. The molecule has 2 amide bonds. The van der Waals surface area contributed by atoms with Gasteiger partial charge in [-0.05, 0) is 37.1 Å². The number of benzene rings is 1. The Kier molecular flexibility index (Phi) is 5.00. The molecule has 33 heavy (non-hydrogen) atoms. The number of carbonyl (C=O) groups excluding carboxylic acids is 1. The number of carbonyl (C=O) groups is 1. The van der Waals surface area contributed by atoms with E-state index in [0.29, 0.717) is 55.0 Å². The standard InChI is InChI=1S/C21H21FN6O4S/c22-11-3-1-10(2-4-11)18-25-21(32-27-18)28-13-7-15-17(16(28)9-31-8-13)33-20(24-15)26-19(30)23-12-5-14(29)6-12/h1-4,12-14,16,29H,5-9H2,(H2,23,24,26,30)/t12-,13-,14-,16-/m0/s1. The molecule has 1 saturated heterocycles. The quantitative estimate of drug-likeness (QED) is 0.529. The number of fused-ring (bicyclic) bond motifs is 4. The average Bonchev–Trinajstić information content (AvgIpc) is 3.40. The fourth-order valence-electron chi connectivity index (χ4n) is 4.49. The van der Waals surface area contributed by atoms with Gasteiger partial charge in [0.15, 0.2) is 5.13 Å². The van der Waals surface area contributed by atoms with Crippen molar-refractivity contribution in [3.8, 4) is 11.4 Å². The highest BCUT2D eigenvalue weighted by Gasteiger charge is 2.43. The van der Waals surface area contributed by atoms with Crippen LogP contribution in [0, 0.1) is 5.82 Å². The summed E-state index contributed by atoms with van der Waals surface area (Å²) in [7, 11) is 0. The molecule has 1 aliphatic carbocycles. The van der Waals surface area contributed by atoms with E-state index in [1.54, 1.807) is 12.1 Å². The molecule has 4 heterocycles. The van der Waals surface area contributed by atoms with Crippen LogP contribution >= 0.6 is 11.3 Å². The third-order valence-corrected chi connectivity index (χ3v) is 7.30. The second-order valence-electron chi connectivity index (χ2n) is 8.48. The SMILES string of the molecule is O=C(Nc1nc2c(s1)[C@@H]1COC[C@H](C2)N1c1nc(-c2ccc(F)cc2)no1)N[C@H]1C[C@H](O)C1. The highest BCUT2D eigenvalue weighted by molar-refractivity contribution is 7.16. The molecule has 1 saturated carbocycles. The Morgan fingerprint density at radius 3 is 2.82 bits per heavy atom. The third kappa shape index (κ3) is 3.83. The fraction of sp³-hybridized carbons (Fsp3) is 0.429. The predicted molar refractivity (Wildman–Crippen MR) is 117 cm³/mol. The highest BCUT2D eigenvalue weighted by Crippen LogP contribution is 2.43. The smallest absolute Gasteiger partial charge is 0.325 e. The van der Waals surface area contributed by atoms with Gasteiger partial charge in [0.05, 0.1) is 42.0 Å². The van der Waals surface area contributed by atoms with Crippen LogP contribution in [0.4, 0.5) is 20.3 Å². The predicted octanol–water partition coefficient (Wildman–Crippen LogP) is 2.48. The lowest BCUT2D eigenvalue weighted by Crippen LogP contribution is -2.51. The fourth-order valence-corrected chi connectivity index (χ4v) is 5.56. The van der Waals surface area contributed by atoms with Crippen LogP contribution in [0.2, 0.25) is 0 Å². The Morgan fingerprint density at radius 2 is 2.03 bits per heavy atom. The minimum absolute atomic E-state index is 0.00878. The zero-order chi connectivity index (χ0) is 22.5. The molecule has 3 aliphatic rings. The number of morpholine rings is 1. The van der Waals surface area contributed by atoms with E-state index in [4.69, 9.17) is 9.26 Å². The van der Waals surface area contributed by atoms with Crippen molar-refractivity contribution in [1.82, 2.24) is 20.4 Å². The van der Waals surface area contributed by atoms with E-state index in [1.165, 1.54) is 23.5 Å². The Hall–Kier alpha value is -3.09. The number of hydrogen-bond acceptors (Lipinski definition) is 9. The molecule has 172 valence electrons. The van der Waals surface area contributed by atoms with Gasteiger partial charge in [-0.1, -0.05) is 16.5 Å². The second kappa shape index (κ2) is 8.04. The molecule has 12 heteroatoms. The number of anilines is 2. The van der Waals surface area contributed by atoms with Gasteiger partial charge < -0.3 is 24.6 Å². The van der Waals surface area contributed by atoms with Crippen molar-refractivity contribution < 1.29 is 23.6 Å². The van der Waals surface area contributed by atoms with E-state index in [1.807, 2.05) is 0 Å². The number of halogens is 1. The normalized spacial score (nSPS) is 25.8.